The van der Waals surface area contributed by atoms with Crippen LogP contribution in [0, 0.1) is 11.8 Å². The number of aliphatic hydroxyl groups is 1. The van der Waals surface area contributed by atoms with Crippen LogP contribution >= 0.6 is 0 Å². The minimum atomic E-state index is -0.837. The molecule has 2 fully saturated rings. The second-order valence-electron chi connectivity index (χ2n) is 5.71. The van der Waals surface area contributed by atoms with E-state index in [1.54, 1.807) is 0 Å². The van der Waals surface area contributed by atoms with Crippen LogP contribution in [0.4, 0.5) is 0 Å². The molecule has 98 valence electrons. The molecule has 4 nitrogen and oxygen atoms in total. The van der Waals surface area contributed by atoms with Crippen LogP contribution in [0.2, 0.25) is 0 Å². The SMILES string of the molecule is C[C@@H]1CCC[C@H](C(=O)NC[C@@]2(O)CCOC2)C1. The maximum Gasteiger partial charge on any atom is 0.223 e. The Hall–Kier alpha value is -0.610. The normalized spacial score (nSPS) is 38.0. The van der Waals surface area contributed by atoms with Gasteiger partial charge in [0.2, 0.25) is 5.91 Å². The first kappa shape index (κ1) is 12.8. The van der Waals surface area contributed by atoms with Gasteiger partial charge in [0.05, 0.1) is 6.61 Å². The lowest BCUT2D eigenvalue weighted by molar-refractivity contribution is -0.127. The molecule has 4 heteroatoms. The van der Waals surface area contributed by atoms with E-state index in [9.17, 15) is 9.90 Å². The van der Waals surface area contributed by atoms with Crippen LogP contribution in [-0.4, -0.2) is 36.4 Å². The minimum absolute atomic E-state index is 0.108. The first-order valence-corrected chi connectivity index (χ1v) is 6.67. The Morgan fingerprint density at radius 1 is 1.53 bits per heavy atom. The van der Waals surface area contributed by atoms with Crippen molar-refractivity contribution in [3.05, 3.63) is 0 Å². The molecule has 1 aliphatic heterocycles. The molecule has 0 aromatic rings. The highest BCUT2D eigenvalue weighted by molar-refractivity contribution is 5.78. The number of amides is 1. The smallest absolute Gasteiger partial charge is 0.223 e. The van der Waals surface area contributed by atoms with Crippen molar-refractivity contribution >= 4 is 5.91 Å². The average molecular weight is 241 g/mol. The number of ether oxygens (including phenoxy) is 1. The van der Waals surface area contributed by atoms with Crippen LogP contribution in [0.15, 0.2) is 0 Å². The summed E-state index contributed by atoms with van der Waals surface area (Å²) in [6, 6.07) is 0. The molecule has 3 atom stereocenters. The molecule has 1 saturated heterocycles. The van der Waals surface area contributed by atoms with E-state index in [4.69, 9.17) is 4.74 Å². The number of hydrogen-bond acceptors (Lipinski definition) is 3. The van der Waals surface area contributed by atoms with Crippen molar-refractivity contribution in [2.45, 2.75) is 44.6 Å². The molecule has 0 radical (unpaired) electrons. The molecule has 1 saturated carbocycles. The summed E-state index contributed by atoms with van der Waals surface area (Å²) < 4.78 is 5.15. The lowest BCUT2D eigenvalue weighted by atomic mass is 9.82. The van der Waals surface area contributed by atoms with Crippen molar-refractivity contribution in [3.63, 3.8) is 0 Å². The molecular weight excluding hydrogens is 218 g/mol. The van der Waals surface area contributed by atoms with Crippen LogP contribution < -0.4 is 5.32 Å². The van der Waals surface area contributed by atoms with Gasteiger partial charge in [-0.2, -0.15) is 0 Å². The van der Waals surface area contributed by atoms with E-state index in [0.717, 1.165) is 19.3 Å². The topological polar surface area (TPSA) is 58.6 Å². The highest BCUT2D eigenvalue weighted by Crippen LogP contribution is 2.28. The maximum absolute atomic E-state index is 12.0. The molecule has 1 amide bonds. The van der Waals surface area contributed by atoms with Gasteiger partial charge in [0.1, 0.15) is 5.60 Å². The largest absolute Gasteiger partial charge is 0.386 e. The van der Waals surface area contributed by atoms with Gasteiger partial charge >= 0.3 is 0 Å². The third kappa shape index (κ3) is 3.42. The van der Waals surface area contributed by atoms with E-state index in [-0.39, 0.29) is 11.8 Å². The summed E-state index contributed by atoms with van der Waals surface area (Å²) in [4.78, 5) is 12.0. The lowest BCUT2D eigenvalue weighted by Gasteiger charge is -2.27. The Morgan fingerprint density at radius 3 is 3.00 bits per heavy atom. The quantitative estimate of drug-likeness (QED) is 0.777. The Bertz CT molecular complexity index is 274. The molecule has 17 heavy (non-hydrogen) atoms. The van der Waals surface area contributed by atoms with Gasteiger partial charge < -0.3 is 15.2 Å². The first-order chi connectivity index (χ1) is 8.09. The fraction of sp³-hybridized carbons (Fsp3) is 0.923. The van der Waals surface area contributed by atoms with Gasteiger partial charge in [-0.3, -0.25) is 4.79 Å². The Kier molecular flexibility index (Phi) is 4.05. The van der Waals surface area contributed by atoms with Crippen LogP contribution in [0.1, 0.15) is 39.0 Å². The van der Waals surface area contributed by atoms with Gasteiger partial charge in [-0.15, -0.1) is 0 Å². The molecule has 0 bridgehead atoms. The number of carbonyl (C=O) groups is 1. The van der Waals surface area contributed by atoms with Crippen molar-refractivity contribution in [2.24, 2.45) is 11.8 Å². The summed E-state index contributed by atoms with van der Waals surface area (Å²) in [7, 11) is 0. The van der Waals surface area contributed by atoms with Gasteiger partial charge in [0, 0.05) is 25.5 Å². The minimum Gasteiger partial charge on any atom is -0.386 e. The van der Waals surface area contributed by atoms with E-state index in [0.29, 0.717) is 32.1 Å². The number of nitrogens with one attached hydrogen (secondary N) is 1. The molecule has 2 rings (SSSR count). The summed E-state index contributed by atoms with van der Waals surface area (Å²) >= 11 is 0. The molecule has 0 aromatic heterocycles. The Balaban J connectivity index is 1.76. The summed E-state index contributed by atoms with van der Waals surface area (Å²) in [5, 5.41) is 12.9. The fourth-order valence-corrected chi connectivity index (χ4v) is 2.80. The Morgan fingerprint density at radius 2 is 2.35 bits per heavy atom. The zero-order chi connectivity index (χ0) is 12.3. The molecule has 1 heterocycles. The predicted molar refractivity (Wildman–Crippen MR) is 64.5 cm³/mol. The zero-order valence-electron chi connectivity index (χ0n) is 10.6. The summed E-state index contributed by atoms with van der Waals surface area (Å²) in [5.74, 6) is 0.902. The van der Waals surface area contributed by atoms with Crippen molar-refractivity contribution in [3.8, 4) is 0 Å². The van der Waals surface area contributed by atoms with Crippen LogP contribution in [0.5, 0.6) is 0 Å². The predicted octanol–water partition coefficient (Wildman–Crippen LogP) is 1.08. The van der Waals surface area contributed by atoms with E-state index in [2.05, 4.69) is 12.2 Å². The molecule has 1 aliphatic carbocycles. The fourth-order valence-electron chi connectivity index (χ4n) is 2.80. The standard InChI is InChI=1S/C13H23NO3/c1-10-3-2-4-11(7-10)12(15)14-8-13(16)5-6-17-9-13/h10-11,16H,2-9H2,1H3,(H,14,15)/t10-,11+,13+/m1/s1. The van der Waals surface area contributed by atoms with Crippen LogP contribution in [0.25, 0.3) is 0 Å². The molecule has 0 aromatic carbocycles. The van der Waals surface area contributed by atoms with E-state index in [1.165, 1.54) is 6.42 Å². The van der Waals surface area contributed by atoms with Crippen LogP contribution in [0.3, 0.4) is 0 Å². The maximum atomic E-state index is 12.0. The van der Waals surface area contributed by atoms with Crippen molar-refractivity contribution < 1.29 is 14.6 Å². The molecular formula is C13H23NO3. The highest BCUT2D eigenvalue weighted by Gasteiger charge is 2.33. The lowest BCUT2D eigenvalue weighted by Crippen LogP contribution is -2.45. The third-order valence-electron chi connectivity index (χ3n) is 3.98. The second-order valence-corrected chi connectivity index (χ2v) is 5.71. The number of carbonyl (C=O) groups excluding carboxylic acids is 1. The molecule has 2 aliphatic rings. The van der Waals surface area contributed by atoms with Gasteiger partial charge in [-0.25, -0.2) is 0 Å². The summed E-state index contributed by atoms with van der Waals surface area (Å²) in [5.41, 5.74) is -0.837. The summed E-state index contributed by atoms with van der Waals surface area (Å²) in [6.45, 7) is 3.47. The van der Waals surface area contributed by atoms with Crippen LogP contribution in [-0.2, 0) is 9.53 Å². The molecule has 0 spiro atoms. The molecule has 0 unspecified atom stereocenters. The summed E-state index contributed by atoms with van der Waals surface area (Å²) in [6.07, 6.45) is 4.98. The monoisotopic (exact) mass is 241 g/mol. The van der Waals surface area contributed by atoms with Gasteiger partial charge in [-0.05, 0) is 18.8 Å². The van der Waals surface area contributed by atoms with Gasteiger partial charge in [0.25, 0.3) is 0 Å². The highest BCUT2D eigenvalue weighted by atomic mass is 16.5. The third-order valence-corrected chi connectivity index (χ3v) is 3.98. The zero-order valence-corrected chi connectivity index (χ0v) is 10.6. The first-order valence-electron chi connectivity index (χ1n) is 6.67. The van der Waals surface area contributed by atoms with Gasteiger partial charge in [0.15, 0.2) is 0 Å². The Labute approximate surface area is 103 Å². The number of rotatable bonds is 3. The van der Waals surface area contributed by atoms with Crippen molar-refractivity contribution in [2.75, 3.05) is 19.8 Å². The van der Waals surface area contributed by atoms with Crippen molar-refractivity contribution in [1.82, 2.24) is 5.32 Å². The van der Waals surface area contributed by atoms with Gasteiger partial charge in [-0.1, -0.05) is 19.8 Å². The van der Waals surface area contributed by atoms with E-state index < -0.39 is 5.60 Å². The second kappa shape index (κ2) is 5.36. The average Bonchev–Trinajstić information content (AvgIpc) is 2.74. The number of hydrogen-bond donors (Lipinski definition) is 2. The van der Waals surface area contributed by atoms with E-state index >= 15 is 0 Å². The molecule has 2 N–H and O–H groups in total. The van der Waals surface area contributed by atoms with Crippen molar-refractivity contribution in [1.29, 1.82) is 0 Å². The van der Waals surface area contributed by atoms with E-state index in [1.807, 2.05) is 0 Å².